The molecule has 0 bridgehead atoms. The number of benzene rings is 1. The lowest BCUT2D eigenvalue weighted by molar-refractivity contribution is 0.414. The predicted octanol–water partition coefficient (Wildman–Crippen LogP) is 3.48. The third kappa shape index (κ3) is 3.61. The molecule has 1 unspecified atom stereocenters. The van der Waals surface area contributed by atoms with Crippen molar-refractivity contribution in [1.82, 2.24) is 0 Å². The quantitative estimate of drug-likeness (QED) is 0.864. The first-order valence-corrected chi connectivity index (χ1v) is 6.70. The molecule has 3 heteroatoms. The molecule has 1 heterocycles. The number of methoxy groups -OCH3 is 1. The molecule has 0 aliphatic rings. The van der Waals surface area contributed by atoms with Crippen LogP contribution in [0.3, 0.4) is 0 Å². The van der Waals surface area contributed by atoms with Crippen LogP contribution in [0.5, 0.6) is 5.75 Å². The largest absolute Gasteiger partial charge is 0.497 e. The molecule has 0 aliphatic heterocycles. The molecule has 1 atom stereocenters. The highest BCUT2D eigenvalue weighted by atomic mass is 16.5. The van der Waals surface area contributed by atoms with Crippen molar-refractivity contribution in [1.29, 1.82) is 0 Å². The van der Waals surface area contributed by atoms with Gasteiger partial charge in [0.1, 0.15) is 17.3 Å². The second kappa shape index (κ2) is 6.43. The van der Waals surface area contributed by atoms with Gasteiger partial charge >= 0.3 is 0 Å². The maximum absolute atomic E-state index is 6.15. The summed E-state index contributed by atoms with van der Waals surface area (Å²) >= 11 is 0. The lowest BCUT2D eigenvalue weighted by Gasteiger charge is -2.09. The minimum atomic E-state index is -0.0394. The van der Waals surface area contributed by atoms with Gasteiger partial charge in [-0.1, -0.05) is 19.1 Å². The van der Waals surface area contributed by atoms with Gasteiger partial charge in [-0.05, 0) is 42.7 Å². The van der Waals surface area contributed by atoms with Crippen molar-refractivity contribution < 1.29 is 9.15 Å². The normalized spacial score (nSPS) is 12.4. The van der Waals surface area contributed by atoms with E-state index < -0.39 is 0 Å². The fourth-order valence-electron chi connectivity index (χ4n) is 2.04. The van der Waals surface area contributed by atoms with E-state index in [0.717, 1.165) is 36.5 Å². The molecule has 0 amide bonds. The van der Waals surface area contributed by atoms with E-state index in [-0.39, 0.29) is 6.04 Å². The fraction of sp³-hybridized carbons (Fsp3) is 0.375. The van der Waals surface area contributed by atoms with E-state index >= 15 is 0 Å². The summed E-state index contributed by atoms with van der Waals surface area (Å²) in [6.45, 7) is 2.07. The summed E-state index contributed by atoms with van der Waals surface area (Å²) in [5, 5.41) is 0. The van der Waals surface area contributed by atoms with Crippen LogP contribution in [0.15, 0.2) is 40.8 Å². The third-order valence-corrected chi connectivity index (χ3v) is 3.30. The number of furan rings is 1. The molecular formula is C16H21NO2. The Bertz CT molecular complexity index is 502. The molecule has 2 N–H and O–H groups in total. The van der Waals surface area contributed by atoms with Crippen molar-refractivity contribution in [2.24, 2.45) is 5.73 Å². The van der Waals surface area contributed by atoms with Gasteiger partial charge < -0.3 is 14.9 Å². The summed E-state index contributed by atoms with van der Waals surface area (Å²) in [4.78, 5) is 0. The number of nitrogens with two attached hydrogens (primary N) is 1. The summed E-state index contributed by atoms with van der Waals surface area (Å²) in [7, 11) is 1.67. The maximum Gasteiger partial charge on any atom is 0.120 e. The minimum Gasteiger partial charge on any atom is -0.497 e. The molecule has 0 saturated heterocycles. The summed E-state index contributed by atoms with van der Waals surface area (Å²) in [6, 6.07) is 12.0. The van der Waals surface area contributed by atoms with Gasteiger partial charge in [-0.25, -0.2) is 0 Å². The van der Waals surface area contributed by atoms with Crippen molar-refractivity contribution in [3.63, 3.8) is 0 Å². The minimum absolute atomic E-state index is 0.0394. The van der Waals surface area contributed by atoms with Crippen LogP contribution in [0.4, 0.5) is 0 Å². The van der Waals surface area contributed by atoms with E-state index in [4.69, 9.17) is 14.9 Å². The van der Waals surface area contributed by atoms with Gasteiger partial charge in [-0.15, -0.1) is 0 Å². The van der Waals surface area contributed by atoms with Crippen molar-refractivity contribution >= 4 is 0 Å². The van der Waals surface area contributed by atoms with Crippen LogP contribution >= 0.6 is 0 Å². The van der Waals surface area contributed by atoms with Gasteiger partial charge in [0.15, 0.2) is 0 Å². The number of ether oxygens (including phenoxy) is 1. The highest BCUT2D eigenvalue weighted by Gasteiger charge is 2.10. The maximum atomic E-state index is 6.15. The number of aryl methyl sites for hydroxylation is 2. The Hall–Kier alpha value is -1.74. The molecule has 0 radical (unpaired) electrons. The molecule has 19 heavy (non-hydrogen) atoms. The van der Waals surface area contributed by atoms with E-state index in [1.165, 1.54) is 5.56 Å². The second-order valence-electron chi connectivity index (χ2n) is 4.65. The topological polar surface area (TPSA) is 48.4 Å². The van der Waals surface area contributed by atoms with Crippen LogP contribution in [0.25, 0.3) is 0 Å². The number of hydrogen-bond donors (Lipinski definition) is 1. The Kier molecular flexibility index (Phi) is 4.63. The van der Waals surface area contributed by atoms with Crippen molar-refractivity contribution in [2.45, 2.75) is 32.2 Å². The van der Waals surface area contributed by atoms with E-state index in [9.17, 15) is 0 Å². The predicted molar refractivity (Wildman–Crippen MR) is 76.3 cm³/mol. The first-order valence-electron chi connectivity index (χ1n) is 6.70. The highest BCUT2D eigenvalue weighted by Crippen LogP contribution is 2.20. The lowest BCUT2D eigenvalue weighted by atomic mass is 10.0. The van der Waals surface area contributed by atoms with Gasteiger partial charge in [-0.2, -0.15) is 0 Å². The van der Waals surface area contributed by atoms with Crippen molar-refractivity contribution in [3.05, 3.63) is 53.5 Å². The molecule has 2 rings (SSSR count). The van der Waals surface area contributed by atoms with E-state index in [2.05, 4.69) is 19.1 Å². The summed E-state index contributed by atoms with van der Waals surface area (Å²) < 4.78 is 10.8. The van der Waals surface area contributed by atoms with Crippen LogP contribution in [-0.4, -0.2) is 7.11 Å². The van der Waals surface area contributed by atoms with Crippen molar-refractivity contribution in [2.75, 3.05) is 7.11 Å². The first-order chi connectivity index (χ1) is 9.22. The van der Waals surface area contributed by atoms with Crippen LogP contribution < -0.4 is 10.5 Å². The van der Waals surface area contributed by atoms with Gasteiger partial charge in [-0.3, -0.25) is 0 Å². The lowest BCUT2D eigenvalue weighted by Crippen LogP contribution is -2.10. The Morgan fingerprint density at radius 3 is 2.47 bits per heavy atom. The zero-order chi connectivity index (χ0) is 13.7. The average Bonchev–Trinajstić information content (AvgIpc) is 2.94. The Morgan fingerprint density at radius 1 is 1.16 bits per heavy atom. The Labute approximate surface area is 114 Å². The zero-order valence-electron chi connectivity index (χ0n) is 11.6. The standard InChI is InChI=1S/C16H21NO2/c1-3-13-9-11-16(19-13)15(17)10-6-12-4-7-14(18-2)8-5-12/h4-5,7-9,11,15H,3,6,10,17H2,1-2H3. The molecule has 0 aliphatic carbocycles. The summed E-state index contributed by atoms with van der Waals surface area (Å²) in [5.74, 6) is 2.76. The molecule has 0 spiro atoms. The monoisotopic (exact) mass is 259 g/mol. The number of rotatable bonds is 6. The molecule has 0 fully saturated rings. The highest BCUT2D eigenvalue weighted by molar-refractivity contribution is 5.27. The SMILES string of the molecule is CCc1ccc(C(N)CCc2ccc(OC)cc2)o1. The molecule has 3 nitrogen and oxygen atoms in total. The van der Waals surface area contributed by atoms with Crippen LogP contribution in [0.2, 0.25) is 0 Å². The van der Waals surface area contributed by atoms with Crippen LogP contribution in [0.1, 0.15) is 36.5 Å². The first kappa shape index (κ1) is 13.7. The molecule has 0 saturated carbocycles. The molecule has 1 aromatic heterocycles. The van der Waals surface area contributed by atoms with Gasteiger partial charge in [0.2, 0.25) is 0 Å². The van der Waals surface area contributed by atoms with Gasteiger partial charge in [0.25, 0.3) is 0 Å². The van der Waals surface area contributed by atoms with E-state index in [1.54, 1.807) is 7.11 Å². The smallest absolute Gasteiger partial charge is 0.120 e. The number of hydrogen-bond acceptors (Lipinski definition) is 3. The van der Waals surface area contributed by atoms with Crippen LogP contribution in [0, 0.1) is 0 Å². The third-order valence-electron chi connectivity index (χ3n) is 3.30. The molecular weight excluding hydrogens is 238 g/mol. The van der Waals surface area contributed by atoms with Gasteiger partial charge in [0.05, 0.1) is 13.2 Å². The summed E-state index contributed by atoms with van der Waals surface area (Å²) in [6.07, 6.45) is 2.72. The molecule has 102 valence electrons. The fourth-order valence-corrected chi connectivity index (χ4v) is 2.04. The van der Waals surface area contributed by atoms with Crippen molar-refractivity contribution in [3.8, 4) is 5.75 Å². The molecule has 1 aromatic carbocycles. The van der Waals surface area contributed by atoms with Gasteiger partial charge in [0, 0.05) is 6.42 Å². The Balaban J connectivity index is 1.90. The van der Waals surface area contributed by atoms with Crippen LogP contribution in [-0.2, 0) is 12.8 Å². The zero-order valence-corrected chi connectivity index (χ0v) is 11.6. The van der Waals surface area contributed by atoms with E-state index in [1.807, 2.05) is 24.3 Å². The molecule has 2 aromatic rings. The average molecular weight is 259 g/mol. The second-order valence-corrected chi connectivity index (χ2v) is 4.65. The van der Waals surface area contributed by atoms with E-state index in [0.29, 0.717) is 0 Å². The summed E-state index contributed by atoms with van der Waals surface area (Å²) in [5.41, 5.74) is 7.41. The Morgan fingerprint density at radius 2 is 1.89 bits per heavy atom.